The molecule has 1 saturated carbocycles. The number of carbonyl (C=O) groups is 3. The highest BCUT2D eigenvalue weighted by Crippen LogP contribution is 2.49. The van der Waals surface area contributed by atoms with Crippen molar-refractivity contribution in [1.82, 2.24) is 20.0 Å². The molecule has 38 heavy (non-hydrogen) atoms. The fourth-order valence-electron chi connectivity index (χ4n) is 6.22. The number of hydrogen-bond acceptors (Lipinski definition) is 6. The average molecular weight is 526 g/mol. The van der Waals surface area contributed by atoms with Crippen molar-refractivity contribution >= 4 is 17.9 Å². The van der Waals surface area contributed by atoms with Gasteiger partial charge < -0.3 is 19.9 Å². The molecule has 0 spiro atoms. The Morgan fingerprint density at radius 1 is 1.21 bits per heavy atom. The van der Waals surface area contributed by atoms with E-state index in [1.54, 1.807) is 32.9 Å². The number of carbonyl (C=O) groups excluding carboxylic acids is 3. The molecule has 0 radical (unpaired) electrons. The number of rotatable bonds is 7. The number of nitriles is 1. The number of alkyl carbamates (subject to hydrolysis) is 1. The summed E-state index contributed by atoms with van der Waals surface area (Å²) in [4.78, 5) is 45.3. The molecule has 1 aromatic carbocycles. The molecule has 3 aliphatic heterocycles. The lowest BCUT2D eigenvalue weighted by Crippen LogP contribution is -2.59. The number of ether oxygens (including phenoxy) is 1. The van der Waals surface area contributed by atoms with Crippen molar-refractivity contribution in [1.29, 1.82) is 5.26 Å². The number of hydrogen-bond donors (Lipinski definition) is 1. The highest BCUT2D eigenvalue weighted by Gasteiger charge is 2.55. The van der Waals surface area contributed by atoms with Crippen molar-refractivity contribution in [2.45, 2.75) is 88.7 Å². The third kappa shape index (κ3) is 5.35. The Morgan fingerprint density at radius 2 is 1.92 bits per heavy atom. The van der Waals surface area contributed by atoms with E-state index in [2.05, 4.69) is 11.4 Å². The number of likely N-dealkylation sites (tertiary alicyclic amines) is 3. The quantitative estimate of drug-likeness (QED) is 0.587. The number of piperazine rings is 1. The number of halogens is 1. The second-order valence-corrected chi connectivity index (χ2v) is 12.0. The summed E-state index contributed by atoms with van der Waals surface area (Å²) in [6, 6.07) is 6.70. The molecule has 4 aliphatic rings. The highest BCUT2D eigenvalue weighted by atomic mass is 19.1. The Labute approximate surface area is 222 Å². The molecule has 204 valence electrons. The first-order valence-corrected chi connectivity index (χ1v) is 13.6. The molecule has 3 amide bonds. The zero-order valence-electron chi connectivity index (χ0n) is 22.2. The summed E-state index contributed by atoms with van der Waals surface area (Å²) in [7, 11) is 0. The molecule has 1 aliphatic carbocycles. The van der Waals surface area contributed by atoms with Crippen LogP contribution in [0.5, 0.6) is 0 Å². The van der Waals surface area contributed by atoms with Gasteiger partial charge in [0.1, 0.15) is 23.5 Å². The third-order valence-electron chi connectivity index (χ3n) is 7.99. The van der Waals surface area contributed by atoms with Crippen molar-refractivity contribution in [3.05, 3.63) is 35.6 Å². The number of nitrogens with one attached hydrogen (secondary N) is 1. The van der Waals surface area contributed by atoms with Gasteiger partial charge in [-0.3, -0.25) is 14.5 Å². The van der Waals surface area contributed by atoms with E-state index in [4.69, 9.17) is 4.74 Å². The molecular formula is C28H36FN5O4. The van der Waals surface area contributed by atoms with Gasteiger partial charge in [-0.1, -0.05) is 12.1 Å². The molecule has 0 aromatic heterocycles. The minimum atomic E-state index is -0.935. The predicted molar refractivity (Wildman–Crippen MR) is 136 cm³/mol. The summed E-state index contributed by atoms with van der Waals surface area (Å²) in [5, 5.41) is 12.2. The van der Waals surface area contributed by atoms with Gasteiger partial charge in [0.15, 0.2) is 0 Å². The molecule has 2 bridgehead atoms. The zero-order chi connectivity index (χ0) is 27.2. The van der Waals surface area contributed by atoms with Crippen molar-refractivity contribution < 1.29 is 23.5 Å². The molecule has 3 saturated heterocycles. The first-order valence-electron chi connectivity index (χ1n) is 13.6. The standard InChI is InChI=1S/C28H36FN5O4/c1-28(2,3)38-27(37)31-22(25(35)33-12-4-5-20(33)14-30)16-32-15-21-13-23(32)26(36)34(21)24(17-6-7-17)18-8-10-19(29)11-9-18/h8-11,17,20-24H,4-7,12-13,15-16H2,1-3H3,(H,31,37)/t20-,21-,22-,23-,24-/m0/s1. The van der Waals surface area contributed by atoms with Gasteiger partial charge in [0.05, 0.1) is 18.2 Å². The third-order valence-corrected chi connectivity index (χ3v) is 7.99. The number of nitrogens with zero attached hydrogens (tertiary/aromatic N) is 4. The van der Waals surface area contributed by atoms with Crippen LogP contribution in [0.4, 0.5) is 9.18 Å². The smallest absolute Gasteiger partial charge is 0.408 e. The van der Waals surface area contributed by atoms with Crippen LogP contribution in [0.3, 0.4) is 0 Å². The van der Waals surface area contributed by atoms with Crippen molar-refractivity contribution in [3.63, 3.8) is 0 Å². The maximum atomic E-state index is 13.7. The monoisotopic (exact) mass is 525 g/mol. The Kier molecular flexibility index (Phi) is 7.07. The van der Waals surface area contributed by atoms with Gasteiger partial charge in [-0.25, -0.2) is 9.18 Å². The van der Waals surface area contributed by atoms with Crippen molar-refractivity contribution in [2.75, 3.05) is 19.6 Å². The number of amides is 3. The molecule has 4 fully saturated rings. The van der Waals surface area contributed by atoms with E-state index < -0.39 is 23.8 Å². The van der Waals surface area contributed by atoms with Crippen LogP contribution in [0.2, 0.25) is 0 Å². The fraction of sp³-hybridized carbons (Fsp3) is 0.643. The molecule has 5 atom stereocenters. The fourth-order valence-corrected chi connectivity index (χ4v) is 6.22. The molecule has 9 nitrogen and oxygen atoms in total. The maximum Gasteiger partial charge on any atom is 0.408 e. The molecule has 3 heterocycles. The van der Waals surface area contributed by atoms with Gasteiger partial charge in [-0.15, -0.1) is 0 Å². The van der Waals surface area contributed by atoms with Crippen LogP contribution in [0, 0.1) is 23.1 Å². The van der Waals surface area contributed by atoms with E-state index in [0.29, 0.717) is 31.8 Å². The molecule has 1 N–H and O–H groups in total. The summed E-state index contributed by atoms with van der Waals surface area (Å²) < 4.78 is 19.0. The Hall–Kier alpha value is -3.19. The van der Waals surface area contributed by atoms with Crippen LogP contribution >= 0.6 is 0 Å². The first kappa shape index (κ1) is 26.4. The van der Waals surface area contributed by atoms with Crippen molar-refractivity contribution in [2.24, 2.45) is 5.92 Å². The van der Waals surface area contributed by atoms with Crippen LogP contribution in [0.25, 0.3) is 0 Å². The lowest BCUT2D eigenvalue weighted by Gasteiger charge is -2.40. The summed E-state index contributed by atoms with van der Waals surface area (Å²) in [5.41, 5.74) is 0.222. The van der Waals surface area contributed by atoms with E-state index >= 15 is 0 Å². The topological polar surface area (TPSA) is 106 Å². The first-order chi connectivity index (χ1) is 18.1. The highest BCUT2D eigenvalue weighted by molar-refractivity contribution is 5.88. The summed E-state index contributed by atoms with van der Waals surface area (Å²) in [6.45, 7) is 6.46. The molecule has 10 heteroatoms. The lowest BCUT2D eigenvalue weighted by atomic mass is 9.99. The van der Waals surface area contributed by atoms with Crippen molar-refractivity contribution in [3.8, 4) is 6.07 Å². The number of benzene rings is 1. The number of fused-ring (bicyclic) bond motifs is 2. The normalized spacial score (nSPS) is 26.8. The largest absolute Gasteiger partial charge is 0.444 e. The van der Waals surface area contributed by atoms with Gasteiger partial charge in [-0.2, -0.15) is 5.26 Å². The SMILES string of the molecule is CC(C)(C)OC(=O)N[C@@H](CN1C[C@@H]2C[C@H]1C(=O)N2[C@H](c1ccc(F)cc1)C1CC1)C(=O)N1CCC[C@H]1C#N. The van der Waals surface area contributed by atoms with Gasteiger partial charge in [0.25, 0.3) is 0 Å². The van der Waals surface area contributed by atoms with Crippen LogP contribution in [-0.2, 0) is 14.3 Å². The minimum absolute atomic E-state index is 0.0147. The van der Waals surface area contributed by atoms with Crippen LogP contribution in [-0.4, -0.2) is 82.0 Å². The van der Waals surface area contributed by atoms with E-state index in [1.807, 2.05) is 9.80 Å². The summed E-state index contributed by atoms with van der Waals surface area (Å²) >= 11 is 0. The van der Waals surface area contributed by atoms with Crippen LogP contribution < -0.4 is 5.32 Å². The minimum Gasteiger partial charge on any atom is -0.444 e. The van der Waals surface area contributed by atoms with E-state index in [-0.39, 0.29) is 42.3 Å². The van der Waals surface area contributed by atoms with E-state index in [1.165, 1.54) is 17.0 Å². The van der Waals surface area contributed by atoms with E-state index in [9.17, 15) is 24.0 Å². The molecule has 5 rings (SSSR count). The predicted octanol–water partition coefficient (Wildman–Crippen LogP) is 2.97. The Morgan fingerprint density at radius 3 is 2.53 bits per heavy atom. The van der Waals surface area contributed by atoms with Gasteiger partial charge in [-0.05, 0) is 76.5 Å². The van der Waals surface area contributed by atoms with Gasteiger partial charge in [0.2, 0.25) is 11.8 Å². The van der Waals surface area contributed by atoms with E-state index in [0.717, 1.165) is 24.8 Å². The Balaban J connectivity index is 1.32. The average Bonchev–Trinajstić information content (AvgIpc) is 3.29. The maximum absolute atomic E-state index is 13.7. The Bertz CT molecular complexity index is 1130. The second kappa shape index (κ2) is 10.2. The summed E-state index contributed by atoms with van der Waals surface area (Å²) in [6.07, 6.45) is 3.37. The molecule has 0 unspecified atom stereocenters. The lowest BCUT2D eigenvalue weighted by molar-refractivity contribution is -0.142. The molecule has 1 aromatic rings. The zero-order valence-corrected chi connectivity index (χ0v) is 22.2. The van der Waals surface area contributed by atoms with Gasteiger partial charge in [0, 0.05) is 25.7 Å². The van der Waals surface area contributed by atoms with Crippen LogP contribution in [0.1, 0.15) is 64.5 Å². The van der Waals surface area contributed by atoms with Crippen LogP contribution in [0.15, 0.2) is 24.3 Å². The second-order valence-electron chi connectivity index (χ2n) is 12.0. The summed E-state index contributed by atoms with van der Waals surface area (Å²) in [5.74, 6) is -0.233. The molecular weight excluding hydrogens is 489 g/mol. The van der Waals surface area contributed by atoms with Gasteiger partial charge >= 0.3 is 6.09 Å².